The molecule has 4 rings (SSSR count). The van der Waals surface area contributed by atoms with E-state index in [0.717, 1.165) is 17.4 Å². The molecule has 2 N–H and O–H groups in total. The number of hydrogen-bond donors (Lipinski definition) is 2. The van der Waals surface area contributed by atoms with Gasteiger partial charge in [-0.2, -0.15) is 5.10 Å². The summed E-state index contributed by atoms with van der Waals surface area (Å²) in [5.74, 6) is -0.585. The second-order valence-electron chi connectivity index (χ2n) is 8.03. The first-order valence-electron chi connectivity index (χ1n) is 9.55. The number of carbonyl (C=O) groups is 1. The Morgan fingerprint density at radius 1 is 1.23 bits per heavy atom. The first-order valence-corrected chi connectivity index (χ1v) is 11.0. The van der Waals surface area contributed by atoms with Crippen molar-refractivity contribution in [1.82, 2.24) is 23.6 Å². The Kier molecular flexibility index (Phi) is 4.85. The van der Waals surface area contributed by atoms with Crippen LogP contribution in [0.5, 0.6) is 0 Å². The number of nitrogens with zero attached hydrogens (tertiary/aromatic N) is 4. The molecule has 12 heteroatoms. The number of benzene rings is 1. The van der Waals surface area contributed by atoms with Crippen molar-refractivity contribution in [2.24, 2.45) is 14.1 Å². The van der Waals surface area contributed by atoms with Gasteiger partial charge in [0.15, 0.2) is 0 Å². The van der Waals surface area contributed by atoms with E-state index in [1.165, 1.54) is 40.7 Å². The van der Waals surface area contributed by atoms with Crippen molar-refractivity contribution in [3.05, 3.63) is 51.4 Å². The maximum atomic E-state index is 13.0. The van der Waals surface area contributed by atoms with E-state index in [0.29, 0.717) is 5.69 Å². The van der Waals surface area contributed by atoms with Crippen LogP contribution in [0.25, 0.3) is 10.9 Å². The van der Waals surface area contributed by atoms with Crippen LogP contribution >= 0.6 is 0 Å². The quantitative estimate of drug-likeness (QED) is 0.543. The van der Waals surface area contributed by atoms with Crippen LogP contribution in [0, 0.1) is 0 Å². The fraction of sp³-hybridized carbons (Fsp3) is 0.368. The minimum absolute atomic E-state index is 0.0279. The monoisotopic (exact) mass is 446 g/mol. The van der Waals surface area contributed by atoms with Crippen LogP contribution in [0.1, 0.15) is 19.8 Å². The Bertz CT molecular complexity index is 1430. The van der Waals surface area contributed by atoms with Crippen molar-refractivity contribution in [1.29, 1.82) is 0 Å². The standard InChI is InChI=1S/C19H22N6O5S/c1-19(6-7-19)22-31(29,30)13-4-5-15-14(8-13)17(27)25(18(28)24(15)3)11-16(26)21-12-9-20-23(2)10-12/h4-5,8-10,22H,6-7,11H2,1-3H3,(H,21,26). The van der Waals surface area contributed by atoms with Gasteiger partial charge >= 0.3 is 5.69 Å². The molecule has 1 aliphatic carbocycles. The van der Waals surface area contributed by atoms with E-state index in [1.54, 1.807) is 13.2 Å². The van der Waals surface area contributed by atoms with Gasteiger partial charge in [-0.3, -0.25) is 23.4 Å². The molecule has 2 heterocycles. The molecule has 1 amide bonds. The SMILES string of the molecule is Cn1cc(NC(=O)Cn2c(=O)c3cc(S(=O)(=O)NC4(C)CC4)ccc3n(C)c2=O)cn1. The first kappa shape index (κ1) is 21.0. The number of amides is 1. The van der Waals surface area contributed by atoms with E-state index in [9.17, 15) is 22.8 Å². The van der Waals surface area contributed by atoms with Gasteiger partial charge in [0.25, 0.3) is 5.56 Å². The maximum absolute atomic E-state index is 13.0. The number of hydrogen-bond acceptors (Lipinski definition) is 6. The number of carbonyl (C=O) groups excluding carboxylic acids is 1. The van der Waals surface area contributed by atoms with Crippen molar-refractivity contribution >= 4 is 32.5 Å². The van der Waals surface area contributed by atoms with Crippen LogP contribution in [0.15, 0.2) is 45.1 Å². The van der Waals surface area contributed by atoms with Crippen LogP contribution in [0.4, 0.5) is 5.69 Å². The van der Waals surface area contributed by atoms with E-state index in [2.05, 4.69) is 15.1 Å². The molecule has 1 aliphatic rings. The zero-order chi connectivity index (χ0) is 22.6. The number of sulfonamides is 1. The number of anilines is 1. The molecule has 11 nitrogen and oxygen atoms in total. The topological polar surface area (TPSA) is 137 Å². The third kappa shape index (κ3) is 4.03. The summed E-state index contributed by atoms with van der Waals surface area (Å²) in [4.78, 5) is 38.0. The minimum Gasteiger partial charge on any atom is -0.322 e. The Hall–Kier alpha value is -3.25. The minimum atomic E-state index is -3.84. The number of nitrogens with one attached hydrogen (secondary N) is 2. The highest BCUT2D eigenvalue weighted by atomic mass is 32.2. The van der Waals surface area contributed by atoms with Gasteiger partial charge in [0.2, 0.25) is 15.9 Å². The van der Waals surface area contributed by atoms with Crippen LogP contribution in [0.3, 0.4) is 0 Å². The van der Waals surface area contributed by atoms with Gasteiger partial charge in [-0.15, -0.1) is 0 Å². The van der Waals surface area contributed by atoms with E-state index in [4.69, 9.17) is 0 Å². The molecular formula is C19H22N6O5S. The summed E-state index contributed by atoms with van der Waals surface area (Å²) in [6.45, 7) is 1.28. The van der Waals surface area contributed by atoms with Crippen molar-refractivity contribution in [3.8, 4) is 0 Å². The largest absolute Gasteiger partial charge is 0.331 e. The van der Waals surface area contributed by atoms with Gasteiger partial charge in [0.1, 0.15) is 6.54 Å². The molecule has 1 saturated carbocycles. The fourth-order valence-corrected chi connectivity index (χ4v) is 4.80. The van der Waals surface area contributed by atoms with Gasteiger partial charge in [-0.1, -0.05) is 0 Å². The van der Waals surface area contributed by atoms with E-state index in [1.807, 2.05) is 6.92 Å². The highest BCUT2D eigenvalue weighted by Gasteiger charge is 2.41. The third-order valence-corrected chi connectivity index (χ3v) is 6.94. The Morgan fingerprint density at radius 2 is 1.94 bits per heavy atom. The predicted octanol–water partition coefficient (Wildman–Crippen LogP) is -0.0968. The molecule has 0 aliphatic heterocycles. The van der Waals surface area contributed by atoms with Crippen molar-refractivity contribution in [2.45, 2.75) is 36.7 Å². The van der Waals surface area contributed by atoms with Gasteiger partial charge in [-0.05, 0) is 38.0 Å². The lowest BCUT2D eigenvalue weighted by Gasteiger charge is -2.14. The lowest BCUT2D eigenvalue weighted by Crippen LogP contribution is -2.42. The average Bonchev–Trinajstić information content (AvgIpc) is 3.28. The maximum Gasteiger partial charge on any atom is 0.331 e. The van der Waals surface area contributed by atoms with E-state index < -0.39 is 39.3 Å². The smallest absolute Gasteiger partial charge is 0.322 e. The van der Waals surface area contributed by atoms with Crippen molar-refractivity contribution < 1.29 is 13.2 Å². The van der Waals surface area contributed by atoms with Crippen LogP contribution < -0.4 is 21.3 Å². The summed E-state index contributed by atoms with van der Waals surface area (Å²) in [5.41, 5.74) is -1.20. The molecule has 0 saturated heterocycles. The summed E-state index contributed by atoms with van der Waals surface area (Å²) < 4.78 is 31.5. The molecule has 1 aromatic carbocycles. The Labute approximate surface area is 177 Å². The highest BCUT2D eigenvalue weighted by Crippen LogP contribution is 2.36. The number of aromatic nitrogens is 4. The molecule has 164 valence electrons. The second kappa shape index (κ2) is 7.17. The summed E-state index contributed by atoms with van der Waals surface area (Å²) in [6.07, 6.45) is 4.49. The first-order chi connectivity index (χ1) is 14.5. The highest BCUT2D eigenvalue weighted by molar-refractivity contribution is 7.89. The van der Waals surface area contributed by atoms with E-state index >= 15 is 0 Å². The van der Waals surface area contributed by atoms with E-state index in [-0.39, 0.29) is 15.8 Å². The molecule has 0 unspecified atom stereocenters. The van der Waals surface area contributed by atoms with Gasteiger partial charge in [-0.25, -0.2) is 17.9 Å². The fourth-order valence-electron chi connectivity index (χ4n) is 3.30. The van der Waals surface area contributed by atoms with Gasteiger partial charge in [0.05, 0.1) is 27.7 Å². The van der Waals surface area contributed by atoms with Gasteiger partial charge in [0, 0.05) is 25.8 Å². The molecule has 0 atom stereocenters. The summed E-state index contributed by atoms with van der Waals surface area (Å²) in [7, 11) is -0.696. The number of aryl methyl sites for hydroxylation is 2. The molecule has 3 aromatic rings. The third-order valence-electron chi connectivity index (χ3n) is 5.30. The molecule has 0 bridgehead atoms. The molecular weight excluding hydrogens is 424 g/mol. The normalized spacial score (nSPS) is 15.2. The lowest BCUT2D eigenvalue weighted by atomic mass is 10.2. The summed E-state index contributed by atoms with van der Waals surface area (Å²) in [6, 6.07) is 4.01. The van der Waals surface area contributed by atoms with Gasteiger partial charge < -0.3 is 5.32 Å². The van der Waals surface area contributed by atoms with Crippen LogP contribution in [0.2, 0.25) is 0 Å². The predicted molar refractivity (Wildman–Crippen MR) is 113 cm³/mol. The second-order valence-corrected chi connectivity index (χ2v) is 9.71. The Balaban J connectivity index is 1.73. The van der Waals surface area contributed by atoms with Crippen LogP contribution in [-0.4, -0.2) is 38.8 Å². The molecule has 2 aromatic heterocycles. The number of fused-ring (bicyclic) bond motifs is 1. The summed E-state index contributed by atoms with van der Waals surface area (Å²) in [5, 5.41) is 6.53. The van der Waals surface area contributed by atoms with Crippen molar-refractivity contribution in [2.75, 3.05) is 5.32 Å². The van der Waals surface area contributed by atoms with Crippen LogP contribution in [-0.2, 0) is 35.5 Å². The Morgan fingerprint density at radius 3 is 2.55 bits per heavy atom. The molecule has 1 fully saturated rings. The number of rotatable bonds is 6. The zero-order valence-electron chi connectivity index (χ0n) is 17.2. The van der Waals surface area contributed by atoms with Crippen molar-refractivity contribution in [3.63, 3.8) is 0 Å². The molecule has 31 heavy (non-hydrogen) atoms. The summed E-state index contributed by atoms with van der Waals surface area (Å²) >= 11 is 0. The molecule has 0 spiro atoms. The lowest BCUT2D eigenvalue weighted by molar-refractivity contribution is -0.116. The zero-order valence-corrected chi connectivity index (χ0v) is 18.1. The average molecular weight is 446 g/mol. The molecule has 0 radical (unpaired) electrons.